The van der Waals surface area contributed by atoms with Crippen LogP contribution >= 0.6 is 0 Å². The highest BCUT2D eigenvalue weighted by atomic mass is 32.2. The van der Waals surface area contributed by atoms with E-state index < -0.39 is 142 Å². The van der Waals surface area contributed by atoms with Crippen molar-refractivity contribution in [2.45, 2.75) is 24.5 Å². The Hall–Kier alpha value is -8.19. The number of phenols is 2. The molecule has 0 fully saturated rings. The van der Waals surface area contributed by atoms with Crippen molar-refractivity contribution in [3.63, 3.8) is 0 Å². The number of phenolic OH excluding ortho intramolecular Hbond substituents is 2. The van der Waals surface area contributed by atoms with Gasteiger partial charge in [0.2, 0.25) is 0 Å². The van der Waals surface area contributed by atoms with Crippen LogP contribution < -0.4 is 5.73 Å². The number of nitro groups is 1. The van der Waals surface area contributed by atoms with E-state index in [4.69, 9.17) is 5.73 Å². The standard InChI is InChI=1S/C38H26N10O19S5/c39-35-28(17-30(70(59,60)61)22-16-32(72(65,66)67)36(38(50)34(22)35)47-40-18-4-3-5-20(14-18)68(53,54)55)46-44-26-13-12-23(41-42-24-6-1-2-7-29(24)69(56,57)58)21-9-11-27(37(49)33(21)26)45-43-25-10-8-19(48(51)52)15-31(25)71(62,63)64/h1-17,49-50H,39H2,(H,53,54,55)(H,56,57,58)(H,59,60,61)(H,62,63,64)(H,65,66,67). The first-order valence-corrected chi connectivity index (χ1v) is 26.1. The van der Waals surface area contributed by atoms with Crippen molar-refractivity contribution in [3.8, 4) is 11.5 Å². The molecule has 0 amide bonds. The van der Waals surface area contributed by atoms with Gasteiger partial charge in [0.15, 0.2) is 11.5 Å². The molecule has 0 unspecified atom stereocenters. The molecule has 0 aliphatic rings. The maximum atomic E-state index is 12.8. The fraction of sp³-hybridized carbons (Fsp3) is 0. The van der Waals surface area contributed by atoms with Gasteiger partial charge in [0.1, 0.15) is 48.0 Å². The molecule has 0 saturated heterocycles. The number of rotatable bonds is 14. The molecule has 0 bridgehead atoms. The van der Waals surface area contributed by atoms with Crippen LogP contribution in [0.2, 0.25) is 0 Å². The van der Waals surface area contributed by atoms with E-state index in [2.05, 4.69) is 40.9 Å². The van der Waals surface area contributed by atoms with Crippen LogP contribution in [0.3, 0.4) is 0 Å². The number of azo groups is 4. The van der Waals surface area contributed by atoms with Gasteiger partial charge in [0.05, 0.1) is 43.3 Å². The van der Waals surface area contributed by atoms with Gasteiger partial charge in [-0.3, -0.25) is 32.9 Å². The SMILES string of the molecule is Nc1c(N=Nc2ccc(N=Nc3ccccc3S(=O)(=O)O)c3ccc(N=Nc4ccc([N+](=O)[O-])cc4S(=O)(=O)O)c(O)c23)cc(S(=O)(=O)O)c2cc(S(=O)(=O)O)c(N=Nc3cccc(S(=O)(=O)O)c3)c(O)c12. The topological polar surface area (TPSA) is 480 Å². The van der Waals surface area contributed by atoms with Gasteiger partial charge in [-0.05, 0) is 72.8 Å². The van der Waals surface area contributed by atoms with Crippen molar-refractivity contribution in [1.29, 1.82) is 0 Å². The molecule has 0 aromatic heterocycles. The van der Waals surface area contributed by atoms with Crippen LogP contribution in [0.5, 0.6) is 11.5 Å². The second-order valence-corrected chi connectivity index (χ2v) is 21.3. The molecule has 34 heteroatoms. The Morgan fingerprint density at radius 3 is 1.60 bits per heavy atom. The predicted molar refractivity (Wildman–Crippen MR) is 247 cm³/mol. The van der Waals surface area contributed by atoms with Crippen molar-refractivity contribution in [3.05, 3.63) is 113 Å². The smallest absolute Gasteiger partial charge is 0.297 e. The summed E-state index contributed by atoms with van der Waals surface area (Å²) in [7, 11) is -25.7. The van der Waals surface area contributed by atoms with Gasteiger partial charge in [-0.25, -0.2) is 0 Å². The van der Waals surface area contributed by atoms with Crippen LogP contribution in [0.15, 0.2) is 169 Å². The highest BCUT2D eigenvalue weighted by Crippen LogP contribution is 2.50. The molecule has 0 spiro atoms. The summed E-state index contributed by atoms with van der Waals surface area (Å²) in [5.74, 6) is -2.18. The Labute approximate surface area is 403 Å². The van der Waals surface area contributed by atoms with Crippen molar-refractivity contribution in [2.24, 2.45) is 40.9 Å². The van der Waals surface area contributed by atoms with Crippen molar-refractivity contribution in [2.75, 3.05) is 5.73 Å². The summed E-state index contributed by atoms with van der Waals surface area (Å²) in [6.45, 7) is 0. The molecule has 72 heavy (non-hydrogen) atoms. The third kappa shape index (κ3) is 10.8. The Bertz CT molecular complexity index is 4210. The molecule has 0 saturated carbocycles. The minimum atomic E-state index is -5.47. The molecular formula is C38H26N10O19S5. The lowest BCUT2D eigenvalue weighted by Crippen LogP contribution is -2.04. The number of nitro benzene ring substituents is 1. The number of nitrogens with zero attached hydrogens (tertiary/aromatic N) is 9. The maximum Gasteiger partial charge on any atom is 0.297 e. The third-order valence-corrected chi connectivity index (χ3v) is 14.1. The average Bonchev–Trinajstić information content (AvgIpc) is 3.28. The molecule has 372 valence electrons. The lowest BCUT2D eigenvalue weighted by Gasteiger charge is -2.14. The number of non-ortho nitro benzene ring substituents is 1. The van der Waals surface area contributed by atoms with Gasteiger partial charge < -0.3 is 15.9 Å². The number of benzene rings is 7. The van der Waals surface area contributed by atoms with Crippen LogP contribution in [0, 0.1) is 10.1 Å². The Morgan fingerprint density at radius 2 is 0.972 bits per heavy atom. The molecular weight excluding hydrogens is 1060 g/mol. The monoisotopic (exact) mass is 1090 g/mol. The largest absolute Gasteiger partial charge is 0.505 e. The minimum absolute atomic E-state index is 0.109. The van der Waals surface area contributed by atoms with Gasteiger partial charge in [0, 0.05) is 22.9 Å². The molecule has 0 aliphatic carbocycles. The second kappa shape index (κ2) is 18.9. The van der Waals surface area contributed by atoms with Gasteiger partial charge in [0.25, 0.3) is 56.3 Å². The molecule has 0 atom stereocenters. The van der Waals surface area contributed by atoms with Gasteiger partial charge in [-0.2, -0.15) is 47.2 Å². The average molecular weight is 1090 g/mol. The zero-order valence-electron chi connectivity index (χ0n) is 35.0. The lowest BCUT2D eigenvalue weighted by atomic mass is 10.0. The number of hydrogen-bond acceptors (Lipinski definition) is 23. The van der Waals surface area contributed by atoms with Gasteiger partial charge >= 0.3 is 0 Å². The van der Waals surface area contributed by atoms with Crippen LogP contribution in [-0.4, -0.2) is 80.0 Å². The summed E-state index contributed by atoms with van der Waals surface area (Å²) < 4.78 is 172. The Kier molecular flexibility index (Phi) is 13.5. The molecule has 9 N–H and O–H groups in total. The van der Waals surface area contributed by atoms with E-state index in [1.807, 2.05) is 0 Å². The van der Waals surface area contributed by atoms with E-state index in [1.165, 1.54) is 30.3 Å². The zero-order valence-corrected chi connectivity index (χ0v) is 39.1. The van der Waals surface area contributed by atoms with E-state index in [9.17, 15) is 85.2 Å². The van der Waals surface area contributed by atoms with Crippen molar-refractivity contribution >= 4 is 129 Å². The lowest BCUT2D eigenvalue weighted by molar-refractivity contribution is -0.385. The summed E-state index contributed by atoms with van der Waals surface area (Å²) in [5, 5.41) is 63.2. The first-order chi connectivity index (χ1) is 33.4. The Morgan fingerprint density at radius 1 is 0.431 bits per heavy atom. The number of nitrogens with two attached hydrogens (primary N) is 1. The first kappa shape index (κ1) is 51.7. The second-order valence-electron chi connectivity index (χ2n) is 14.3. The van der Waals surface area contributed by atoms with Gasteiger partial charge in [-0.1, -0.05) is 18.2 Å². The number of anilines is 1. The number of hydrogen-bond donors (Lipinski definition) is 8. The molecule has 29 nitrogen and oxygen atoms in total. The molecule has 7 aromatic carbocycles. The molecule has 0 radical (unpaired) electrons. The van der Waals surface area contributed by atoms with E-state index in [-0.39, 0.29) is 27.8 Å². The number of fused-ring (bicyclic) bond motifs is 2. The van der Waals surface area contributed by atoms with Crippen LogP contribution in [-0.2, 0) is 50.6 Å². The highest BCUT2D eigenvalue weighted by molar-refractivity contribution is 7.87. The Balaban J connectivity index is 1.45. The number of nitrogen functional groups attached to an aromatic ring is 1. The van der Waals surface area contributed by atoms with Crippen LogP contribution in [0.4, 0.5) is 56.9 Å². The van der Waals surface area contributed by atoms with Crippen LogP contribution in [0.25, 0.3) is 21.5 Å². The first-order valence-electron chi connectivity index (χ1n) is 18.9. The van der Waals surface area contributed by atoms with Crippen molar-refractivity contribution < 1.29 is 80.0 Å². The van der Waals surface area contributed by atoms with Crippen molar-refractivity contribution in [1.82, 2.24) is 0 Å². The van der Waals surface area contributed by atoms with Crippen LogP contribution in [0.1, 0.15) is 0 Å². The predicted octanol–water partition coefficient (Wildman–Crippen LogP) is 8.79. The normalized spacial score (nSPS) is 13.1. The van der Waals surface area contributed by atoms with E-state index in [1.54, 1.807) is 0 Å². The highest BCUT2D eigenvalue weighted by Gasteiger charge is 2.29. The quantitative estimate of drug-likeness (QED) is 0.0166. The maximum absolute atomic E-state index is 12.8. The van der Waals surface area contributed by atoms with E-state index in [0.717, 1.165) is 54.6 Å². The van der Waals surface area contributed by atoms with E-state index in [0.29, 0.717) is 18.2 Å². The molecule has 0 heterocycles. The van der Waals surface area contributed by atoms with E-state index >= 15 is 0 Å². The fourth-order valence-corrected chi connectivity index (χ4v) is 9.67. The zero-order chi connectivity index (χ0) is 52.9. The summed E-state index contributed by atoms with van der Waals surface area (Å²) in [6.07, 6.45) is 0. The van der Waals surface area contributed by atoms with Gasteiger partial charge in [-0.15, -0.1) is 35.8 Å². The molecule has 7 aromatic rings. The minimum Gasteiger partial charge on any atom is -0.505 e. The third-order valence-electron chi connectivity index (χ3n) is 9.71. The molecule has 0 aliphatic heterocycles. The summed E-state index contributed by atoms with van der Waals surface area (Å²) >= 11 is 0. The number of aromatic hydroxyl groups is 2. The summed E-state index contributed by atoms with van der Waals surface area (Å²) in [5.41, 5.74) is 0.592. The summed E-state index contributed by atoms with van der Waals surface area (Å²) in [6, 6.07) is 16.5. The molecule has 7 rings (SSSR count). The summed E-state index contributed by atoms with van der Waals surface area (Å²) in [4.78, 5) is 5.45. The fourth-order valence-electron chi connectivity index (χ4n) is 6.53.